The second-order valence-electron chi connectivity index (χ2n) is 12.2. The number of benzene rings is 2. The van der Waals surface area contributed by atoms with Gasteiger partial charge in [0.1, 0.15) is 61.1 Å². The van der Waals surface area contributed by atoms with E-state index in [1.54, 1.807) is 20.8 Å². The Hall–Kier alpha value is -5.92. The summed E-state index contributed by atoms with van der Waals surface area (Å²) in [6.07, 6.45) is 9.81. The third-order valence-electron chi connectivity index (χ3n) is 5.56. The Labute approximate surface area is 474 Å². The number of likely N-dealkylation sites (tertiary alicyclic amines) is 1. The Morgan fingerprint density at radius 2 is 0.714 bits per heavy atom. The van der Waals surface area contributed by atoms with E-state index in [-0.39, 0.29) is 48.4 Å². The summed E-state index contributed by atoms with van der Waals surface area (Å²) in [6, 6.07) is 20.9. The van der Waals surface area contributed by atoms with E-state index >= 15 is 0 Å². The van der Waals surface area contributed by atoms with E-state index in [1.807, 2.05) is 113 Å². The maximum atomic E-state index is 10.7. The van der Waals surface area contributed by atoms with Gasteiger partial charge in [-0.3, -0.25) is 4.79 Å². The van der Waals surface area contributed by atoms with Crippen LogP contribution in [0.5, 0.6) is 0 Å². The fourth-order valence-corrected chi connectivity index (χ4v) is 2.89. The molecule has 24 N–H and O–H groups in total. The van der Waals surface area contributed by atoms with Crippen molar-refractivity contribution >= 4 is 67.0 Å². The van der Waals surface area contributed by atoms with Crippen molar-refractivity contribution in [2.45, 2.75) is 161 Å². The molecule has 0 saturated carbocycles. The van der Waals surface area contributed by atoms with E-state index in [4.69, 9.17) is 53.0 Å². The van der Waals surface area contributed by atoms with Crippen molar-refractivity contribution < 1.29 is 57.8 Å². The molecule has 0 atom stereocenters. The maximum absolute atomic E-state index is 10.7. The molecule has 0 unspecified atom stereocenters. The van der Waals surface area contributed by atoms with Crippen molar-refractivity contribution in [3.8, 4) is 0 Å². The van der Waals surface area contributed by atoms with E-state index < -0.39 is 0 Å². The zero-order chi connectivity index (χ0) is 62.8. The van der Waals surface area contributed by atoms with E-state index in [1.165, 1.54) is 77.7 Å². The van der Waals surface area contributed by atoms with Gasteiger partial charge in [-0.2, -0.15) is 0 Å². The lowest BCUT2D eigenvalue weighted by Crippen LogP contribution is -2.33. The molecule has 22 nitrogen and oxygen atoms in total. The minimum Gasteiger partial charge on any atom is -0.496 e. The monoisotopic (exact) mass is 1130 g/mol. The van der Waals surface area contributed by atoms with Crippen molar-refractivity contribution in [2.75, 3.05) is 41.3 Å². The molecule has 2 aromatic rings. The first-order valence-corrected chi connectivity index (χ1v) is 22.9. The lowest BCUT2D eigenvalue weighted by molar-refractivity contribution is -0.129. The Bertz CT molecular complexity index is 954. The second kappa shape index (κ2) is 219. The average molecular weight is 1130 g/mol. The molecular formula is C55H132N10O12. The third-order valence-corrected chi connectivity index (χ3v) is 5.56. The van der Waals surface area contributed by atoms with E-state index in [2.05, 4.69) is 127 Å². The molecule has 1 aliphatic rings. The largest absolute Gasteiger partial charge is 0.496 e. The maximum Gasteiger partial charge on any atom is 0.219 e. The van der Waals surface area contributed by atoms with Gasteiger partial charge in [0.15, 0.2) is 0 Å². The molecule has 1 saturated heterocycles. The highest BCUT2D eigenvalue weighted by molar-refractivity contribution is 5.73. The molecule has 0 spiro atoms. The molecule has 1 amide bonds. The normalized spacial score (nSPS) is 7.38. The number of aryl methyl sites for hydroxylation is 2. The molecule has 1 heterocycles. The van der Waals surface area contributed by atoms with Crippen molar-refractivity contribution in [1.82, 2.24) is 35.7 Å². The molecule has 0 bridgehead atoms. The number of aliphatic hydroxyl groups excluding tert-OH is 1. The standard InChI is InChI=1S/2C8H10.C7H13NO.C6H12O.C5H12.C3H8O.C3H8.C2H6.4CH5N.9CH2O.5H3N/c2*1-2-8-6-4-3-5-7-8;1-7(9)8-5-3-2-4-6-8;1-5-7-6(2,3)4;1-4-5(2)3;1-3(2)4;1-3-2;14*1-2;;;;;/h2*3-7H,2H2,1H3;2-6H2,1H3;5H,1H2,2-4H3;5H,4H2,1-3H3;3-4H,1-2H3;3H2,1-2H3;1-2H3;4*2H2,1H3;9*1H2;5*1H3. The van der Waals surface area contributed by atoms with Crippen LogP contribution in [0, 0.1) is 5.92 Å². The summed E-state index contributed by atoms with van der Waals surface area (Å²) in [7, 11) is 6.00. The number of amides is 1. The van der Waals surface area contributed by atoms with Gasteiger partial charge in [-0.05, 0) is 112 Å². The molecule has 22 heteroatoms. The molecule has 0 radical (unpaired) electrons. The Morgan fingerprint density at radius 1 is 0.532 bits per heavy atom. The van der Waals surface area contributed by atoms with Gasteiger partial charge in [0.2, 0.25) is 5.91 Å². The van der Waals surface area contributed by atoms with Crippen LogP contribution in [-0.2, 0) is 65.5 Å². The predicted molar refractivity (Wildman–Crippen MR) is 338 cm³/mol. The van der Waals surface area contributed by atoms with Gasteiger partial charge in [-0.1, -0.05) is 142 Å². The summed E-state index contributed by atoms with van der Waals surface area (Å²) in [5, 5.41) is 8.06. The Kier molecular flexibility index (Phi) is 429. The predicted octanol–water partition coefficient (Wildman–Crippen LogP) is 9.79. The van der Waals surface area contributed by atoms with Gasteiger partial charge in [0.05, 0.1) is 11.9 Å². The van der Waals surface area contributed by atoms with Crippen LogP contribution in [0.3, 0.4) is 0 Å². The van der Waals surface area contributed by atoms with E-state index in [0.717, 1.165) is 31.8 Å². The topological polar surface area (TPSA) is 482 Å². The van der Waals surface area contributed by atoms with Crippen LogP contribution in [-0.4, -0.2) is 130 Å². The number of aliphatic hydroxyl groups is 1. The summed E-state index contributed by atoms with van der Waals surface area (Å²) in [6.45, 7) is 53.6. The van der Waals surface area contributed by atoms with Gasteiger partial charge in [0.25, 0.3) is 0 Å². The van der Waals surface area contributed by atoms with Crippen molar-refractivity contribution in [1.29, 1.82) is 0 Å². The summed E-state index contributed by atoms with van der Waals surface area (Å²) in [5.74, 6) is 1.12. The highest BCUT2D eigenvalue weighted by Crippen LogP contribution is 2.08. The number of piperidine rings is 1. The van der Waals surface area contributed by atoms with E-state index in [0.29, 0.717) is 0 Å². The van der Waals surface area contributed by atoms with Crippen LogP contribution >= 0.6 is 0 Å². The van der Waals surface area contributed by atoms with E-state index in [9.17, 15) is 4.79 Å². The number of nitrogens with zero attached hydrogens (tertiary/aromatic N) is 1. The highest BCUT2D eigenvalue weighted by Gasteiger charge is 2.11. The van der Waals surface area contributed by atoms with Gasteiger partial charge in [-0.15, -0.1) is 0 Å². The molecular weight excluding hydrogens is 993 g/mol. The molecule has 1 aliphatic heterocycles. The fraction of sp³-hybridized carbons (Fsp3) is 0.564. The van der Waals surface area contributed by atoms with Gasteiger partial charge < -0.3 is 112 Å². The first kappa shape index (κ1) is 151. The van der Waals surface area contributed by atoms with Crippen molar-refractivity contribution in [3.63, 3.8) is 0 Å². The van der Waals surface area contributed by atoms with Crippen LogP contribution in [0.1, 0.15) is 147 Å². The number of ether oxygens (including phenoxy) is 1. The van der Waals surface area contributed by atoms with Crippen molar-refractivity contribution in [2.24, 2.45) is 28.9 Å². The second-order valence-corrected chi connectivity index (χ2v) is 12.2. The summed E-state index contributed by atoms with van der Waals surface area (Å²) < 4.78 is 4.99. The Balaban J connectivity index is -0.0000000196. The Morgan fingerprint density at radius 3 is 0.792 bits per heavy atom. The number of hydrogen-bond donors (Lipinski definition) is 10. The lowest BCUT2D eigenvalue weighted by Gasteiger charge is -2.24. The minimum absolute atomic E-state index is 0. The molecule has 0 aliphatic carbocycles. The number of carbonyl (C=O) groups is 10. The van der Waals surface area contributed by atoms with Crippen LogP contribution in [0.25, 0.3) is 0 Å². The zero-order valence-electron chi connectivity index (χ0n) is 53.2. The SMILES string of the molecule is C=COC(C)(C)C.C=O.C=O.C=O.C=O.C=O.C=O.C=O.C=O.C=O.CC.CC(=O)N1CCCCC1.CC(C)O.CCC.CCC(C)C.CCc1ccccc1.CCc1ccccc1.CN.CN.CN.CN.N.N.N.N.N. The summed E-state index contributed by atoms with van der Waals surface area (Å²) >= 11 is 0. The van der Waals surface area contributed by atoms with Gasteiger partial charge >= 0.3 is 0 Å². The highest BCUT2D eigenvalue weighted by atomic mass is 16.5. The number of rotatable bonds is 4. The number of carbonyl (C=O) groups excluding carboxylic acids is 10. The fourth-order valence-electron chi connectivity index (χ4n) is 2.89. The zero-order valence-corrected chi connectivity index (χ0v) is 53.2. The van der Waals surface area contributed by atoms with Crippen LogP contribution in [0.2, 0.25) is 0 Å². The molecule has 2 aromatic carbocycles. The first-order valence-electron chi connectivity index (χ1n) is 22.9. The minimum atomic E-state index is -0.167. The molecule has 1 fully saturated rings. The van der Waals surface area contributed by atoms with Crippen LogP contribution in [0.4, 0.5) is 0 Å². The number of nitrogens with two attached hydrogens (primary N) is 4. The lowest BCUT2D eigenvalue weighted by atomic mass is 10.1. The van der Waals surface area contributed by atoms with Crippen LogP contribution < -0.4 is 53.7 Å². The molecule has 0 aromatic heterocycles. The van der Waals surface area contributed by atoms with Crippen LogP contribution in [0.15, 0.2) is 73.5 Å². The average Bonchev–Trinajstić information content (AvgIpc) is 3.47. The first-order chi connectivity index (χ1) is 34.6. The molecule has 77 heavy (non-hydrogen) atoms. The number of hydrogen-bond acceptors (Lipinski definition) is 21. The molecule has 474 valence electrons. The third kappa shape index (κ3) is 316. The summed E-state index contributed by atoms with van der Waals surface area (Å²) in [5.41, 5.74) is 20.8. The quantitative estimate of drug-likeness (QED) is 0.127. The van der Waals surface area contributed by atoms with Gasteiger partial charge in [0, 0.05) is 26.1 Å². The van der Waals surface area contributed by atoms with Gasteiger partial charge in [-0.25, -0.2) is 0 Å². The van der Waals surface area contributed by atoms with Crippen molar-refractivity contribution in [3.05, 3.63) is 84.6 Å². The smallest absolute Gasteiger partial charge is 0.219 e. The summed E-state index contributed by atoms with van der Waals surface area (Å²) in [4.78, 5) is 84.6. The molecule has 3 rings (SSSR count).